The number of ether oxygens (including phenoxy) is 2. The average Bonchev–Trinajstić information content (AvgIpc) is 2.89. The molecule has 1 atom stereocenters. The number of carbonyl (C=O) groups is 1. The maximum absolute atomic E-state index is 12.2. The number of unbranched alkanes of at least 4 members (excludes halogenated alkanes) is 20. The molecule has 0 saturated heterocycles. The molecule has 0 fully saturated rings. The summed E-state index contributed by atoms with van der Waals surface area (Å²) in [5.41, 5.74) is 0. The van der Waals surface area contributed by atoms with Crippen molar-refractivity contribution in [2.24, 2.45) is 0 Å². The summed E-state index contributed by atoms with van der Waals surface area (Å²) in [6.07, 6.45) is 31.3. The monoisotopic (exact) mass is 634 g/mol. The summed E-state index contributed by atoms with van der Waals surface area (Å²) >= 11 is 2.37. The lowest BCUT2D eigenvalue weighted by molar-refractivity contribution is -0.147. The van der Waals surface area contributed by atoms with Crippen LogP contribution in [0.1, 0.15) is 174 Å². The predicted molar refractivity (Wildman–Crippen MR) is 171 cm³/mol. The highest BCUT2D eigenvalue weighted by Gasteiger charge is 2.14. The van der Waals surface area contributed by atoms with E-state index in [1.54, 1.807) is 0 Å². The van der Waals surface area contributed by atoms with Crippen molar-refractivity contribution >= 4 is 28.6 Å². The van der Waals surface area contributed by atoms with Crippen molar-refractivity contribution in [3.05, 3.63) is 12.3 Å². The van der Waals surface area contributed by atoms with Crippen molar-refractivity contribution in [1.29, 1.82) is 0 Å². The highest BCUT2D eigenvalue weighted by molar-refractivity contribution is 14.1. The zero-order chi connectivity index (χ0) is 27.2. The molecule has 0 saturated carbocycles. The molecule has 0 spiro atoms. The van der Waals surface area contributed by atoms with Gasteiger partial charge in [-0.05, 0) is 19.3 Å². The lowest BCUT2D eigenvalue weighted by Gasteiger charge is -2.20. The third kappa shape index (κ3) is 28.6. The number of halogens is 1. The van der Waals surface area contributed by atoms with E-state index in [1.165, 1.54) is 122 Å². The van der Waals surface area contributed by atoms with Crippen molar-refractivity contribution in [1.82, 2.24) is 0 Å². The third-order valence-electron chi connectivity index (χ3n) is 7.24. The zero-order valence-corrected chi connectivity index (χ0v) is 27.1. The minimum Gasteiger partial charge on any atom is -0.492 e. The minimum absolute atomic E-state index is 0.0571. The molecule has 37 heavy (non-hydrogen) atoms. The molecule has 0 aliphatic rings. The normalized spacial score (nSPS) is 12.0. The summed E-state index contributed by atoms with van der Waals surface area (Å²) in [5.74, 6) is 0.779. The highest BCUT2D eigenvalue weighted by Crippen LogP contribution is 2.17. The summed E-state index contributed by atoms with van der Waals surface area (Å²) in [5, 5.41) is 0. The molecular formula is C33H63IO3. The van der Waals surface area contributed by atoms with Gasteiger partial charge < -0.3 is 9.47 Å². The topological polar surface area (TPSA) is 35.5 Å². The lowest BCUT2D eigenvalue weighted by Crippen LogP contribution is -2.22. The summed E-state index contributed by atoms with van der Waals surface area (Å²) in [7, 11) is 0. The lowest BCUT2D eigenvalue weighted by atomic mass is 10.1. The zero-order valence-electron chi connectivity index (χ0n) is 25.0. The van der Waals surface area contributed by atoms with Gasteiger partial charge in [-0.25, -0.2) is 0 Å². The third-order valence-corrected chi connectivity index (χ3v) is 7.86. The molecule has 3 nitrogen and oxygen atoms in total. The Morgan fingerprint density at radius 2 is 1.00 bits per heavy atom. The van der Waals surface area contributed by atoms with Gasteiger partial charge in [0.15, 0.2) is 0 Å². The molecule has 0 rings (SSSR count). The number of rotatable bonds is 30. The summed E-state index contributed by atoms with van der Waals surface area (Å²) < 4.78 is 12.6. The van der Waals surface area contributed by atoms with E-state index in [1.807, 2.05) is 0 Å². The smallest absolute Gasteiger partial charge is 0.305 e. The number of esters is 1. The van der Waals surface area contributed by atoms with Crippen LogP contribution in [0.25, 0.3) is 0 Å². The Kier molecular flexibility index (Phi) is 30.1. The van der Waals surface area contributed by atoms with Crippen LogP contribution in [0.2, 0.25) is 0 Å². The summed E-state index contributed by atoms with van der Waals surface area (Å²) in [6, 6.07) is 0. The van der Waals surface area contributed by atoms with E-state index >= 15 is 0 Å². The molecule has 0 aliphatic heterocycles. The first-order valence-electron chi connectivity index (χ1n) is 16.2. The predicted octanol–water partition coefficient (Wildman–Crippen LogP) is 11.7. The average molecular weight is 635 g/mol. The van der Waals surface area contributed by atoms with E-state index in [4.69, 9.17) is 9.47 Å². The molecule has 0 bridgehead atoms. The Labute approximate surface area is 245 Å². The Morgan fingerprint density at radius 1 is 0.622 bits per heavy atom. The molecular weight excluding hydrogens is 571 g/mol. The molecule has 0 aromatic rings. The maximum atomic E-state index is 12.2. The minimum atomic E-state index is -0.0750. The van der Waals surface area contributed by atoms with Gasteiger partial charge in [0, 0.05) is 17.3 Å². The van der Waals surface area contributed by atoms with Crippen LogP contribution in [0.15, 0.2) is 12.3 Å². The van der Waals surface area contributed by atoms with Crippen LogP contribution in [0, 0.1) is 0 Å². The second-order valence-electron chi connectivity index (χ2n) is 11.0. The van der Waals surface area contributed by atoms with Crippen LogP contribution in [0.3, 0.4) is 0 Å². The first-order valence-corrected chi connectivity index (χ1v) is 17.7. The van der Waals surface area contributed by atoms with E-state index in [2.05, 4.69) is 43.0 Å². The standard InChI is InChI=1S/C33H63IO3/c1-4-6-8-10-12-14-16-18-20-22-24-26-31(3)37-32(28-29-34)30-36-33(35)27-25-23-21-19-17-15-13-11-9-7-5-2/h32H,3-30H2,1-2H3. The number of carbonyl (C=O) groups excluding carboxylic acids is 1. The quantitative estimate of drug-likeness (QED) is 0.0259. The van der Waals surface area contributed by atoms with Crippen molar-refractivity contribution < 1.29 is 14.3 Å². The molecule has 0 radical (unpaired) electrons. The van der Waals surface area contributed by atoms with E-state index in [0.29, 0.717) is 13.0 Å². The van der Waals surface area contributed by atoms with Crippen LogP contribution in [-0.2, 0) is 14.3 Å². The van der Waals surface area contributed by atoms with Crippen molar-refractivity contribution in [2.75, 3.05) is 11.0 Å². The van der Waals surface area contributed by atoms with E-state index in [0.717, 1.165) is 42.3 Å². The molecule has 4 heteroatoms. The van der Waals surface area contributed by atoms with E-state index in [9.17, 15) is 4.79 Å². The van der Waals surface area contributed by atoms with Crippen LogP contribution in [0.5, 0.6) is 0 Å². The second kappa shape index (κ2) is 30.3. The number of hydrogen-bond donors (Lipinski definition) is 0. The van der Waals surface area contributed by atoms with Crippen molar-refractivity contribution in [3.63, 3.8) is 0 Å². The first-order chi connectivity index (χ1) is 18.1. The van der Waals surface area contributed by atoms with Crippen LogP contribution in [-0.4, -0.2) is 23.1 Å². The van der Waals surface area contributed by atoms with Crippen molar-refractivity contribution in [3.8, 4) is 0 Å². The summed E-state index contributed by atoms with van der Waals surface area (Å²) in [4.78, 5) is 12.2. The molecule has 1 unspecified atom stereocenters. The molecule has 220 valence electrons. The Hall–Kier alpha value is -0.260. The molecule has 0 aliphatic carbocycles. The first kappa shape index (κ1) is 36.7. The highest BCUT2D eigenvalue weighted by atomic mass is 127. The molecule has 0 amide bonds. The van der Waals surface area contributed by atoms with E-state index < -0.39 is 0 Å². The van der Waals surface area contributed by atoms with Gasteiger partial charge in [-0.2, -0.15) is 0 Å². The SMILES string of the molecule is C=C(CCCCCCCCCCCCC)OC(CCI)COC(=O)CCCCCCCCCCCCC. The maximum Gasteiger partial charge on any atom is 0.305 e. The van der Waals surface area contributed by atoms with Gasteiger partial charge in [-0.1, -0.05) is 171 Å². The summed E-state index contributed by atoms with van der Waals surface area (Å²) in [6.45, 7) is 9.03. The number of hydrogen-bond acceptors (Lipinski definition) is 3. The Balaban J connectivity index is 3.68. The van der Waals surface area contributed by atoms with Crippen LogP contribution in [0.4, 0.5) is 0 Å². The van der Waals surface area contributed by atoms with Crippen molar-refractivity contribution in [2.45, 2.75) is 180 Å². The second-order valence-corrected chi connectivity index (χ2v) is 12.1. The van der Waals surface area contributed by atoms with Gasteiger partial charge in [0.1, 0.15) is 12.7 Å². The van der Waals surface area contributed by atoms with Gasteiger partial charge in [0.05, 0.1) is 5.76 Å². The molecule has 0 aromatic heterocycles. The molecule has 0 N–H and O–H groups in total. The van der Waals surface area contributed by atoms with Gasteiger partial charge in [-0.3, -0.25) is 4.79 Å². The number of allylic oxidation sites excluding steroid dienone is 1. The van der Waals surface area contributed by atoms with Gasteiger partial charge in [0.2, 0.25) is 0 Å². The number of alkyl halides is 1. The van der Waals surface area contributed by atoms with E-state index in [-0.39, 0.29) is 12.1 Å². The fraction of sp³-hybridized carbons (Fsp3) is 0.909. The fourth-order valence-corrected chi connectivity index (χ4v) is 5.47. The van der Waals surface area contributed by atoms with Crippen LogP contribution >= 0.6 is 22.6 Å². The largest absolute Gasteiger partial charge is 0.492 e. The van der Waals surface area contributed by atoms with Crippen LogP contribution < -0.4 is 0 Å². The van der Waals surface area contributed by atoms with Gasteiger partial charge in [-0.15, -0.1) is 0 Å². The fourth-order valence-electron chi connectivity index (χ4n) is 4.77. The Bertz CT molecular complexity index is 494. The van der Waals surface area contributed by atoms with Gasteiger partial charge >= 0.3 is 5.97 Å². The van der Waals surface area contributed by atoms with Gasteiger partial charge in [0.25, 0.3) is 0 Å². The molecule has 0 heterocycles. The molecule has 0 aromatic carbocycles. The Morgan fingerprint density at radius 3 is 1.41 bits per heavy atom.